The number of hydrogen-bond acceptors (Lipinski definition) is 2. The molecule has 2 nitrogen and oxygen atoms in total. The van der Waals surface area contributed by atoms with Crippen LogP contribution in [-0.2, 0) is 0 Å². The molecular formula is C8H20N2. The van der Waals surface area contributed by atoms with Crippen molar-refractivity contribution in [3.05, 3.63) is 0 Å². The Bertz CT molecular complexity index is 50.0. The Morgan fingerprint density at radius 2 is 1.50 bits per heavy atom. The highest BCUT2D eigenvalue weighted by molar-refractivity contribution is 4.47. The lowest BCUT2D eigenvalue weighted by molar-refractivity contribution is 0.193. The molecule has 0 amide bonds. The van der Waals surface area contributed by atoms with Gasteiger partial charge < -0.3 is 0 Å². The molecule has 0 atom stereocenters. The molecule has 62 valence electrons. The van der Waals surface area contributed by atoms with Crippen molar-refractivity contribution >= 4 is 0 Å². The maximum atomic E-state index is 3.32. The molecule has 0 aliphatic heterocycles. The zero-order valence-electron chi connectivity index (χ0n) is 7.48. The van der Waals surface area contributed by atoms with Crippen molar-refractivity contribution in [2.45, 2.75) is 33.6 Å². The number of nitrogens with zero attached hydrogens (tertiary/aromatic N) is 1. The van der Waals surface area contributed by atoms with Gasteiger partial charge in [0.15, 0.2) is 0 Å². The Labute approximate surface area is 64.6 Å². The summed E-state index contributed by atoms with van der Waals surface area (Å²) in [6, 6.07) is 0. The van der Waals surface area contributed by atoms with E-state index in [0.717, 1.165) is 6.54 Å². The normalized spacial score (nSPS) is 10.8. The van der Waals surface area contributed by atoms with Crippen LogP contribution in [0.25, 0.3) is 0 Å². The van der Waals surface area contributed by atoms with Gasteiger partial charge in [-0.05, 0) is 12.8 Å². The van der Waals surface area contributed by atoms with Crippen LogP contribution in [0.1, 0.15) is 33.6 Å². The van der Waals surface area contributed by atoms with Gasteiger partial charge >= 0.3 is 0 Å². The van der Waals surface area contributed by atoms with Gasteiger partial charge in [-0.25, -0.2) is 5.01 Å². The molecule has 0 spiro atoms. The molecule has 0 bridgehead atoms. The van der Waals surface area contributed by atoms with E-state index >= 15 is 0 Å². The van der Waals surface area contributed by atoms with Gasteiger partial charge in [0.1, 0.15) is 0 Å². The summed E-state index contributed by atoms with van der Waals surface area (Å²) in [5, 5.41) is 2.29. The monoisotopic (exact) mass is 144 g/mol. The van der Waals surface area contributed by atoms with Crippen molar-refractivity contribution in [3.8, 4) is 0 Å². The predicted molar refractivity (Wildman–Crippen MR) is 45.8 cm³/mol. The Balaban J connectivity index is 3.30. The van der Waals surface area contributed by atoms with Gasteiger partial charge in [0.05, 0.1) is 0 Å². The number of hydrazine groups is 1. The lowest BCUT2D eigenvalue weighted by Gasteiger charge is -2.20. The Kier molecular flexibility index (Phi) is 6.98. The SMILES string of the molecule is CCCN(CCC)NCC. The van der Waals surface area contributed by atoms with Crippen molar-refractivity contribution in [1.82, 2.24) is 10.4 Å². The van der Waals surface area contributed by atoms with E-state index in [0.29, 0.717) is 0 Å². The Morgan fingerprint density at radius 3 is 1.80 bits per heavy atom. The van der Waals surface area contributed by atoms with Crippen LogP contribution in [0, 0.1) is 0 Å². The van der Waals surface area contributed by atoms with Crippen LogP contribution >= 0.6 is 0 Å². The van der Waals surface area contributed by atoms with E-state index in [4.69, 9.17) is 0 Å². The fraction of sp³-hybridized carbons (Fsp3) is 1.00. The van der Waals surface area contributed by atoms with E-state index in [2.05, 4.69) is 31.2 Å². The molecule has 1 N–H and O–H groups in total. The Morgan fingerprint density at radius 1 is 1.00 bits per heavy atom. The van der Waals surface area contributed by atoms with Gasteiger partial charge in [0, 0.05) is 19.6 Å². The van der Waals surface area contributed by atoms with Gasteiger partial charge in [-0.2, -0.15) is 0 Å². The lowest BCUT2D eigenvalue weighted by Crippen LogP contribution is -2.38. The molecule has 0 saturated carbocycles. The van der Waals surface area contributed by atoms with Crippen LogP contribution < -0.4 is 5.43 Å². The topological polar surface area (TPSA) is 15.3 Å². The standard InChI is InChI=1S/C8H20N2/c1-4-7-10(8-5-2)9-6-3/h9H,4-8H2,1-3H3. The van der Waals surface area contributed by atoms with Gasteiger partial charge in [0.25, 0.3) is 0 Å². The predicted octanol–water partition coefficient (Wildman–Crippen LogP) is 1.63. The van der Waals surface area contributed by atoms with E-state index in [1.165, 1.54) is 25.9 Å². The van der Waals surface area contributed by atoms with Crippen molar-refractivity contribution in [3.63, 3.8) is 0 Å². The second-order valence-electron chi connectivity index (χ2n) is 2.50. The van der Waals surface area contributed by atoms with E-state index in [9.17, 15) is 0 Å². The van der Waals surface area contributed by atoms with Gasteiger partial charge in [-0.1, -0.05) is 20.8 Å². The third kappa shape index (κ3) is 4.77. The highest BCUT2D eigenvalue weighted by atomic mass is 15.5. The summed E-state index contributed by atoms with van der Waals surface area (Å²) >= 11 is 0. The van der Waals surface area contributed by atoms with Crippen molar-refractivity contribution in [1.29, 1.82) is 0 Å². The number of hydrogen-bond donors (Lipinski definition) is 1. The lowest BCUT2D eigenvalue weighted by atomic mass is 10.4. The minimum Gasteiger partial charge on any atom is -0.255 e. The summed E-state index contributed by atoms with van der Waals surface area (Å²) in [4.78, 5) is 0. The largest absolute Gasteiger partial charge is 0.255 e. The molecule has 0 aliphatic carbocycles. The van der Waals surface area contributed by atoms with Crippen LogP contribution in [0.3, 0.4) is 0 Å². The second kappa shape index (κ2) is 7.03. The molecule has 0 unspecified atom stereocenters. The quantitative estimate of drug-likeness (QED) is 0.570. The molecule has 0 heterocycles. The van der Waals surface area contributed by atoms with Crippen molar-refractivity contribution in [2.24, 2.45) is 0 Å². The molecule has 0 rings (SSSR count). The molecule has 0 aromatic rings. The summed E-state index contributed by atoms with van der Waals surface area (Å²) in [5.41, 5.74) is 3.32. The first-order valence-corrected chi connectivity index (χ1v) is 4.33. The summed E-state index contributed by atoms with van der Waals surface area (Å²) in [6.07, 6.45) is 2.46. The first kappa shape index (κ1) is 9.92. The summed E-state index contributed by atoms with van der Waals surface area (Å²) < 4.78 is 0. The summed E-state index contributed by atoms with van der Waals surface area (Å²) in [6.45, 7) is 9.93. The fourth-order valence-electron chi connectivity index (χ4n) is 1.03. The molecule has 0 radical (unpaired) electrons. The third-order valence-electron chi connectivity index (χ3n) is 1.37. The molecular weight excluding hydrogens is 124 g/mol. The van der Waals surface area contributed by atoms with Crippen molar-refractivity contribution < 1.29 is 0 Å². The Hall–Kier alpha value is -0.0800. The third-order valence-corrected chi connectivity index (χ3v) is 1.37. The second-order valence-corrected chi connectivity index (χ2v) is 2.50. The molecule has 0 aromatic heterocycles. The summed E-state index contributed by atoms with van der Waals surface area (Å²) in [5.74, 6) is 0. The van der Waals surface area contributed by atoms with E-state index in [1.54, 1.807) is 0 Å². The van der Waals surface area contributed by atoms with E-state index < -0.39 is 0 Å². The molecule has 0 aliphatic rings. The first-order valence-electron chi connectivity index (χ1n) is 4.33. The smallest absolute Gasteiger partial charge is 0.0128 e. The van der Waals surface area contributed by atoms with Crippen LogP contribution in [-0.4, -0.2) is 24.6 Å². The minimum absolute atomic E-state index is 1.04. The van der Waals surface area contributed by atoms with Gasteiger partial charge in [-0.15, -0.1) is 0 Å². The number of rotatable bonds is 6. The highest BCUT2D eigenvalue weighted by Crippen LogP contribution is 1.88. The minimum atomic E-state index is 1.04. The molecule has 0 saturated heterocycles. The zero-order valence-corrected chi connectivity index (χ0v) is 7.48. The van der Waals surface area contributed by atoms with E-state index in [-0.39, 0.29) is 0 Å². The van der Waals surface area contributed by atoms with Gasteiger partial charge in [0.2, 0.25) is 0 Å². The van der Waals surface area contributed by atoms with Crippen LogP contribution in [0.15, 0.2) is 0 Å². The fourth-order valence-corrected chi connectivity index (χ4v) is 1.03. The molecule has 0 aromatic carbocycles. The zero-order chi connectivity index (χ0) is 7.82. The highest BCUT2D eigenvalue weighted by Gasteiger charge is 1.97. The maximum absolute atomic E-state index is 3.32. The molecule has 10 heavy (non-hydrogen) atoms. The number of nitrogens with one attached hydrogen (secondary N) is 1. The van der Waals surface area contributed by atoms with Crippen LogP contribution in [0.2, 0.25) is 0 Å². The van der Waals surface area contributed by atoms with E-state index in [1.807, 2.05) is 0 Å². The van der Waals surface area contributed by atoms with Crippen LogP contribution in [0.4, 0.5) is 0 Å². The summed E-state index contributed by atoms with van der Waals surface area (Å²) in [7, 11) is 0. The maximum Gasteiger partial charge on any atom is 0.0128 e. The van der Waals surface area contributed by atoms with Crippen LogP contribution in [0.5, 0.6) is 0 Å². The van der Waals surface area contributed by atoms with Crippen molar-refractivity contribution in [2.75, 3.05) is 19.6 Å². The first-order chi connectivity index (χ1) is 4.85. The average Bonchev–Trinajstić information content (AvgIpc) is 1.90. The molecule has 2 heteroatoms. The average molecular weight is 144 g/mol. The van der Waals surface area contributed by atoms with Gasteiger partial charge in [-0.3, -0.25) is 5.43 Å². The molecule has 0 fully saturated rings.